The fourth-order valence-corrected chi connectivity index (χ4v) is 6.10. The number of hydrogen-bond acceptors (Lipinski definition) is 6. The SMILES string of the molecule is Cc1ccc2nc(N3CCN(C(=O)C4CCCN4S(C)(=O)=O)CC3)sc2c1. The standard InChI is InChI=1S/C18H24N4O3S2/c1-13-5-6-14-16(12-13)26-18(19-14)21-10-8-20(9-11-21)17(23)15-4-3-7-22(15)27(2,24)25/h5-6,12,15H,3-4,7-11H2,1-2H3. The molecule has 1 amide bonds. The second-order valence-electron chi connectivity index (χ2n) is 7.31. The number of thiazole rings is 1. The Kier molecular flexibility index (Phi) is 4.85. The zero-order chi connectivity index (χ0) is 19.2. The van der Waals surface area contributed by atoms with Crippen molar-refractivity contribution in [1.82, 2.24) is 14.2 Å². The summed E-state index contributed by atoms with van der Waals surface area (Å²) in [5.41, 5.74) is 2.23. The van der Waals surface area contributed by atoms with Gasteiger partial charge in [-0.2, -0.15) is 4.31 Å². The smallest absolute Gasteiger partial charge is 0.241 e. The van der Waals surface area contributed by atoms with Crippen LogP contribution in [0.3, 0.4) is 0 Å². The lowest BCUT2D eigenvalue weighted by Crippen LogP contribution is -2.54. The number of sulfonamides is 1. The number of amides is 1. The molecule has 1 unspecified atom stereocenters. The van der Waals surface area contributed by atoms with Crippen molar-refractivity contribution < 1.29 is 13.2 Å². The van der Waals surface area contributed by atoms with Crippen molar-refractivity contribution in [2.45, 2.75) is 25.8 Å². The second kappa shape index (κ2) is 7.03. The first-order valence-corrected chi connectivity index (χ1v) is 11.9. The van der Waals surface area contributed by atoms with Crippen LogP contribution >= 0.6 is 11.3 Å². The fourth-order valence-electron chi connectivity index (χ4n) is 3.87. The Labute approximate surface area is 163 Å². The van der Waals surface area contributed by atoms with E-state index in [-0.39, 0.29) is 5.91 Å². The molecule has 9 heteroatoms. The van der Waals surface area contributed by atoms with E-state index in [4.69, 9.17) is 4.98 Å². The van der Waals surface area contributed by atoms with Crippen LogP contribution in [0.2, 0.25) is 0 Å². The Morgan fingerprint density at radius 3 is 2.63 bits per heavy atom. The van der Waals surface area contributed by atoms with Gasteiger partial charge in [-0.1, -0.05) is 17.4 Å². The van der Waals surface area contributed by atoms with E-state index in [9.17, 15) is 13.2 Å². The number of fused-ring (bicyclic) bond motifs is 1. The molecule has 1 aromatic heterocycles. The van der Waals surface area contributed by atoms with Crippen molar-refractivity contribution in [3.8, 4) is 0 Å². The highest BCUT2D eigenvalue weighted by atomic mass is 32.2. The van der Waals surface area contributed by atoms with Crippen LogP contribution in [0.1, 0.15) is 18.4 Å². The van der Waals surface area contributed by atoms with Crippen LogP contribution in [0.5, 0.6) is 0 Å². The van der Waals surface area contributed by atoms with Crippen molar-refractivity contribution in [3.05, 3.63) is 23.8 Å². The van der Waals surface area contributed by atoms with Crippen LogP contribution in [-0.2, 0) is 14.8 Å². The number of nitrogens with zero attached hydrogens (tertiary/aromatic N) is 4. The first-order chi connectivity index (χ1) is 12.8. The summed E-state index contributed by atoms with van der Waals surface area (Å²) in [5.74, 6) is -0.0579. The van der Waals surface area contributed by atoms with Crippen molar-refractivity contribution in [1.29, 1.82) is 0 Å². The highest BCUT2D eigenvalue weighted by Gasteiger charge is 2.39. The molecule has 7 nitrogen and oxygen atoms in total. The van der Waals surface area contributed by atoms with Crippen LogP contribution in [0.4, 0.5) is 5.13 Å². The average Bonchev–Trinajstić information content (AvgIpc) is 3.27. The van der Waals surface area contributed by atoms with Crippen molar-refractivity contribution in [3.63, 3.8) is 0 Å². The molecular formula is C18H24N4O3S2. The van der Waals surface area contributed by atoms with Gasteiger partial charge in [0.1, 0.15) is 6.04 Å². The molecule has 1 atom stereocenters. The number of aryl methyl sites for hydroxylation is 1. The van der Waals surface area contributed by atoms with E-state index in [0.29, 0.717) is 26.1 Å². The normalized spacial score (nSPS) is 21.9. The molecule has 2 fully saturated rings. The molecule has 27 heavy (non-hydrogen) atoms. The minimum atomic E-state index is -3.34. The van der Waals surface area contributed by atoms with Crippen molar-refractivity contribution >= 4 is 42.6 Å². The van der Waals surface area contributed by atoms with E-state index in [1.807, 2.05) is 11.0 Å². The molecule has 0 bridgehead atoms. The van der Waals surface area contributed by atoms with Gasteiger partial charge in [0.05, 0.1) is 16.5 Å². The van der Waals surface area contributed by atoms with Crippen LogP contribution in [0.15, 0.2) is 18.2 Å². The van der Waals surface area contributed by atoms with E-state index in [2.05, 4.69) is 24.0 Å². The van der Waals surface area contributed by atoms with Crippen molar-refractivity contribution in [2.24, 2.45) is 0 Å². The molecule has 0 aliphatic carbocycles. The van der Waals surface area contributed by atoms with Crippen LogP contribution in [-0.4, -0.2) is 73.5 Å². The average molecular weight is 409 g/mol. The number of benzene rings is 1. The lowest BCUT2D eigenvalue weighted by Gasteiger charge is -2.36. The van der Waals surface area contributed by atoms with E-state index < -0.39 is 16.1 Å². The largest absolute Gasteiger partial charge is 0.345 e. The molecule has 3 heterocycles. The quantitative estimate of drug-likeness (QED) is 0.773. The van der Waals surface area contributed by atoms with Gasteiger partial charge in [0.25, 0.3) is 0 Å². The van der Waals surface area contributed by atoms with Gasteiger partial charge in [-0.25, -0.2) is 13.4 Å². The van der Waals surface area contributed by atoms with Gasteiger partial charge in [0.2, 0.25) is 15.9 Å². The molecule has 0 N–H and O–H groups in total. The highest BCUT2D eigenvalue weighted by Crippen LogP contribution is 2.30. The number of rotatable bonds is 3. The molecule has 146 valence electrons. The van der Waals surface area contributed by atoms with E-state index in [0.717, 1.165) is 30.2 Å². The lowest BCUT2D eigenvalue weighted by atomic mass is 10.2. The summed E-state index contributed by atoms with van der Waals surface area (Å²) < 4.78 is 26.4. The minimum Gasteiger partial charge on any atom is -0.345 e. The first kappa shape index (κ1) is 18.6. The molecule has 2 aliphatic heterocycles. The van der Waals surface area contributed by atoms with E-state index in [1.54, 1.807) is 11.3 Å². The summed E-state index contributed by atoms with van der Waals surface area (Å²) in [4.78, 5) is 21.6. The van der Waals surface area contributed by atoms with Gasteiger partial charge in [-0.15, -0.1) is 0 Å². The number of aromatic nitrogens is 1. The number of anilines is 1. The lowest BCUT2D eigenvalue weighted by molar-refractivity contribution is -0.134. The third-order valence-electron chi connectivity index (χ3n) is 5.31. The van der Waals surface area contributed by atoms with Gasteiger partial charge in [-0.3, -0.25) is 4.79 Å². The summed E-state index contributed by atoms with van der Waals surface area (Å²) in [6.45, 7) is 5.16. The third-order valence-corrected chi connectivity index (χ3v) is 7.68. The topological polar surface area (TPSA) is 73.8 Å². The summed E-state index contributed by atoms with van der Waals surface area (Å²) in [6.07, 6.45) is 2.54. The Bertz CT molecular complexity index is 964. The second-order valence-corrected chi connectivity index (χ2v) is 10.3. The molecule has 2 aromatic rings. The number of carbonyl (C=O) groups excluding carboxylic acids is 1. The molecule has 2 saturated heterocycles. The van der Waals surface area contributed by atoms with Gasteiger partial charge >= 0.3 is 0 Å². The molecule has 0 spiro atoms. The zero-order valence-electron chi connectivity index (χ0n) is 15.6. The van der Waals surface area contributed by atoms with Crippen LogP contribution < -0.4 is 4.90 Å². The van der Waals surface area contributed by atoms with Crippen molar-refractivity contribution in [2.75, 3.05) is 43.9 Å². The molecule has 2 aliphatic rings. The molecule has 1 aromatic carbocycles. The Morgan fingerprint density at radius 1 is 1.19 bits per heavy atom. The monoisotopic (exact) mass is 408 g/mol. The van der Waals surface area contributed by atoms with Crippen LogP contribution in [0.25, 0.3) is 10.2 Å². The number of hydrogen-bond donors (Lipinski definition) is 0. The number of carbonyl (C=O) groups is 1. The van der Waals surface area contributed by atoms with Gasteiger partial charge < -0.3 is 9.80 Å². The summed E-state index contributed by atoms with van der Waals surface area (Å²) in [7, 11) is -3.34. The molecule has 4 rings (SSSR count). The fraction of sp³-hybridized carbons (Fsp3) is 0.556. The Morgan fingerprint density at radius 2 is 1.93 bits per heavy atom. The summed E-state index contributed by atoms with van der Waals surface area (Å²) in [6, 6.07) is 5.73. The maximum absolute atomic E-state index is 12.9. The third kappa shape index (κ3) is 3.68. The predicted molar refractivity (Wildman–Crippen MR) is 108 cm³/mol. The van der Waals surface area contributed by atoms with Crippen LogP contribution in [0, 0.1) is 6.92 Å². The number of piperazine rings is 1. The maximum Gasteiger partial charge on any atom is 0.241 e. The Hall–Kier alpha value is -1.71. The predicted octanol–water partition coefficient (Wildman–Crippen LogP) is 1.68. The molecular weight excluding hydrogens is 384 g/mol. The van der Waals surface area contributed by atoms with Gasteiger partial charge in [-0.05, 0) is 37.5 Å². The first-order valence-electron chi connectivity index (χ1n) is 9.21. The zero-order valence-corrected chi connectivity index (χ0v) is 17.2. The minimum absolute atomic E-state index is 0.0579. The molecule has 0 saturated carbocycles. The highest BCUT2D eigenvalue weighted by molar-refractivity contribution is 7.88. The summed E-state index contributed by atoms with van der Waals surface area (Å²) >= 11 is 1.68. The van der Waals surface area contributed by atoms with E-state index >= 15 is 0 Å². The Balaban J connectivity index is 1.43. The van der Waals surface area contributed by atoms with Gasteiger partial charge in [0, 0.05) is 32.7 Å². The summed E-state index contributed by atoms with van der Waals surface area (Å²) in [5, 5.41) is 0.987. The van der Waals surface area contributed by atoms with Gasteiger partial charge in [0.15, 0.2) is 5.13 Å². The maximum atomic E-state index is 12.9. The van der Waals surface area contributed by atoms with E-state index in [1.165, 1.54) is 20.8 Å². The molecule has 0 radical (unpaired) electrons.